The molecule has 29 heavy (non-hydrogen) atoms. The van der Waals surface area contributed by atoms with Gasteiger partial charge in [0, 0.05) is 17.7 Å². The van der Waals surface area contributed by atoms with E-state index in [-0.39, 0.29) is 12.5 Å². The van der Waals surface area contributed by atoms with Crippen molar-refractivity contribution < 1.29 is 19.1 Å². The number of primary amides is 1. The lowest BCUT2D eigenvalue weighted by Gasteiger charge is -2.13. The summed E-state index contributed by atoms with van der Waals surface area (Å²) in [6.07, 6.45) is 0.673. The van der Waals surface area contributed by atoms with Crippen molar-refractivity contribution in [2.45, 2.75) is 6.42 Å². The molecule has 0 spiro atoms. The maximum absolute atomic E-state index is 12.8. The summed E-state index contributed by atoms with van der Waals surface area (Å²) < 4.78 is 10.8. The summed E-state index contributed by atoms with van der Waals surface area (Å²) in [6, 6.07) is 22.2. The number of anilines is 1. The highest BCUT2D eigenvalue weighted by molar-refractivity contribution is 6.06. The average Bonchev–Trinajstić information content (AvgIpc) is 2.73. The first-order valence-electron chi connectivity index (χ1n) is 9.09. The number of para-hydroxylation sites is 1. The number of amides is 2. The van der Waals surface area contributed by atoms with Crippen LogP contribution in [-0.2, 0) is 11.2 Å². The summed E-state index contributed by atoms with van der Waals surface area (Å²) in [5.74, 6) is 0.0840. The molecule has 0 unspecified atom stereocenters. The van der Waals surface area contributed by atoms with Crippen molar-refractivity contribution >= 4 is 17.5 Å². The molecule has 0 aliphatic carbocycles. The molecule has 0 saturated carbocycles. The second-order valence-corrected chi connectivity index (χ2v) is 6.39. The number of carbonyl (C=O) groups excluding carboxylic acids is 2. The Bertz CT molecular complexity index is 1000. The van der Waals surface area contributed by atoms with E-state index < -0.39 is 5.91 Å². The SMILES string of the molecule is COc1ccc(NC(=O)c2ccccc2OCC(N)=O)cc1Cc1ccccc1. The Kier molecular flexibility index (Phi) is 6.47. The van der Waals surface area contributed by atoms with Gasteiger partial charge in [0.15, 0.2) is 6.61 Å². The van der Waals surface area contributed by atoms with Crippen LogP contribution >= 0.6 is 0 Å². The summed E-state index contributed by atoms with van der Waals surface area (Å²) >= 11 is 0. The van der Waals surface area contributed by atoms with Crippen LogP contribution < -0.4 is 20.5 Å². The van der Waals surface area contributed by atoms with Crippen LogP contribution in [0.1, 0.15) is 21.5 Å². The number of hydrogen-bond donors (Lipinski definition) is 2. The molecule has 0 fully saturated rings. The number of hydrogen-bond acceptors (Lipinski definition) is 4. The monoisotopic (exact) mass is 390 g/mol. The maximum Gasteiger partial charge on any atom is 0.259 e. The van der Waals surface area contributed by atoms with Gasteiger partial charge in [0.25, 0.3) is 11.8 Å². The third-order valence-electron chi connectivity index (χ3n) is 4.28. The van der Waals surface area contributed by atoms with Crippen LogP contribution in [0.15, 0.2) is 72.8 Å². The fourth-order valence-corrected chi connectivity index (χ4v) is 2.94. The lowest BCUT2D eigenvalue weighted by Crippen LogP contribution is -2.21. The van der Waals surface area contributed by atoms with Crippen molar-refractivity contribution in [1.82, 2.24) is 0 Å². The van der Waals surface area contributed by atoms with Crippen molar-refractivity contribution in [2.75, 3.05) is 19.0 Å². The predicted molar refractivity (Wildman–Crippen MR) is 111 cm³/mol. The van der Waals surface area contributed by atoms with Gasteiger partial charge in [-0.05, 0) is 35.9 Å². The lowest BCUT2D eigenvalue weighted by molar-refractivity contribution is -0.119. The van der Waals surface area contributed by atoms with E-state index in [4.69, 9.17) is 15.2 Å². The molecule has 148 valence electrons. The molecule has 3 rings (SSSR count). The molecule has 0 aliphatic rings. The molecular formula is C23H22N2O4. The summed E-state index contributed by atoms with van der Waals surface area (Å²) in [6.45, 7) is -0.298. The Morgan fingerprint density at radius 3 is 2.38 bits per heavy atom. The molecule has 0 saturated heterocycles. The Hall–Kier alpha value is -3.80. The first-order valence-corrected chi connectivity index (χ1v) is 9.09. The number of methoxy groups -OCH3 is 1. The summed E-state index contributed by atoms with van der Waals surface area (Å²) in [4.78, 5) is 23.7. The van der Waals surface area contributed by atoms with Crippen LogP contribution in [0.25, 0.3) is 0 Å². The Morgan fingerprint density at radius 1 is 0.931 bits per heavy atom. The molecule has 3 aromatic carbocycles. The van der Waals surface area contributed by atoms with Gasteiger partial charge >= 0.3 is 0 Å². The molecule has 3 N–H and O–H groups in total. The second-order valence-electron chi connectivity index (χ2n) is 6.39. The normalized spacial score (nSPS) is 10.2. The molecule has 6 heteroatoms. The van der Waals surface area contributed by atoms with Crippen LogP contribution in [0.2, 0.25) is 0 Å². The van der Waals surface area contributed by atoms with Gasteiger partial charge in [-0.2, -0.15) is 0 Å². The molecule has 0 bridgehead atoms. The minimum atomic E-state index is -0.610. The third-order valence-corrected chi connectivity index (χ3v) is 4.28. The van der Waals surface area contributed by atoms with Crippen LogP contribution in [-0.4, -0.2) is 25.5 Å². The molecule has 2 amide bonds. The van der Waals surface area contributed by atoms with Crippen LogP contribution in [0.5, 0.6) is 11.5 Å². The van der Waals surface area contributed by atoms with E-state index in [1.807, 2.05) is 42.5 Å². The van der Waals surface area contributed by atoms with E-state index in [1.54, 1.807) is 37.4 Å². The standard InChI is InChI=1S/C23H22N2O4/c1-28-20-12-11-18(14-17(20)13-16-7-3-2-4-8-16)25-23(27)19-9-5-6-10-21(19)29-15-22(24)26/h2-12,14H,13,15H2,1H3,(H2,24,26)(H,25,27). The van der Waals surface area contributed by atoms with E-state index in [1.165, 1.54) is 0 Å². The van der Waals surface area contributed by atoms with Gasteiger partial charge in [-0.1, -0.05) is 42.5 Å². The second kappa shape index (κ2) is 9.41. The zero-order chi connectivity index (χ0) is 20.6. The lowest BCUT2D eigenvalue weighted by atomic mass is 10.0. The largest absolute Gasteiger partial charge is 0.496 e. The molecular weight excluding hydrogens is 368 g/mol. The average molecular weight is 390 g/mol. The number of rotatable bonds is 8. The van der Waals surface area contributed by atoms with E-state index in [0.29, 0.717) is 23.4 Å². The quantitative estimate of drug-likeness (QED) is 0.617. The Balaban J connectivity index is 1.81. The predicted octanol–water partition coefficient (Wildman–Crippen LogP) is 3.40. The van der Waals surface area contributed by atoms with Crippen LogP contribution in [0.3, 0.4) is 0 Å². The molecule has 0 atom stereocenters. The highest BCUT2D eigenvalue weighted by atomic mass is 16.5. The first-order chi connectivity index (χ1) is 14.1. The summed E-state index contributed by atoms with van der Waals surface area (Å²) in [5.41, 5.74) is 8.16. The molecule has 0 aromatic heterocycles. The maximum atomic E-state index is 12.8. The highest BCUT2D eigenvalue weighted by Crippen LogP contribution is 2.26. The van der Waals surface area contributed by atoms with Crippen LogP contribution in [0, 0.1) is 0 Å². The molecule has 0 aliphatic heterocycles. The third kappa shape index (κ3) is 5.35. The fourth-order valence-electron chi connectivity index (χ4n) is 2.94. The van der Waals surface area contributed by atoms with E-state index >= 15 is 0 Å². The van der Waals surface area contributed by atoms with Crippen molar-refractivity contribution in [3.05, 3.63) is 89.5 Å². The Labute approximate surface area is 169 Å². The zero-order valence-corrected chi connectivity index (χ0v) is 16.1. The minimum Gasteiger partial charge on any atom is -0.496 e. The highest BCUT2D eigenvalue weighted by Gasteiger charge is 2.14. The van der Waals surface area contributed by atoms with Gasteiger partial charge in [-0.15, -0.1) is 0 Å². The smallest absolute Gasteiger partial charge is 0.259 e. The number of carbonyl (C=O) groups is 2. The van der Waals surface area contributed by atoms with E-state index in [0.717, 1.165) is 16.9 Å². The number of nitrogens with two attached hydrogens (primary N) is 1. The van der Waals surface area contributed by atoms with Crippen molar-refractivity contribution in [3.8, 4) is 11.5 Å². The molecule has 0 heterocycles. The van der Waals surface area contributed by atoms with Gasteiger partial charge in [0.1, 0.15) is 11.5 Å². The first kappa shape index (κ1) is 19.9. The molecule has 6 nitrogen and oxygen atoms in total. The zero-order valence-electron chi connectivity index (χ0n) is 16.1. The van der Waals surface area contributed by atoms with Crippen molar-refractivity contribution in [3.63, 3.8) is 0 Å². The topological polar surface area (TPSA) is 90.7 Å². The van der Waals surface area contributed by atoms with Gasteiger partial charge in [0.05, 0.1) is 12.7 Å². The van der Waals surface area contributed by atoms with Crippen molar-refractivity contribution in [1.29, 1.82) is 0 Å². The van der Waals surface area contributed by atoms with E-state index in [9.17, 15) is 9.59 Å². The van der Waals surface area contributed by atoms with Crippen molar-refractivity contribution in [2.24, 2.45) is 5.73 Å². The molecule has 0 radical (unpaired) electrons. The van der Waals surface area contributed by atoms with Gasteiger partial charge in [-0.25, -0.2) is 0 Å². The van der Waals surface area contributed by atoms with Gasteiger partial charge in [0.2, 0.25) is 0 Å². The van der Waals surface area contributed by atoms with Crippen LogP contribution in [0.4, 0.5) is 5.69 Å². The summed E-state index contributed by atoms with van der Waals surface area (Å²) in [5, 5.41) is 2.87. The number of benzene rings is 3. The summed E-state index contributed by atoms with van der Waals surface area (Å²) in [7, 11) is 1.62. The van der Waals surface area contributed by atoms with Gasteiger partial charge < -0.3 is 20.5 Å². The number of ether oxygens (including phenoxy) is 2. The molecule has 3 aromatic rings. The number of nitrogens with one attached hydrogen (secondary N) is 1. The Morgan fingerprint density at radius 2 is 1.66 bits per heavy atom. The van der Waals surface area contributed by atoms with E-state index in [2.05, 4.69) is 5.32 Å². The fraction of sp³-hybridized carbons (Fsp3) is 0.130. The minimum absolute atomic E-state index is 0.293. The van der Waals surface area contributed by atoms with Gasteiger partial charge in [-0.3, -0.25) is 9.59 Å².